The van der Waals surface area contributed by atoms with Gasteiger partial charge in [0.15, 0.2) is 0 Å². The van der Waals surface area contributed by atoms with E-state index in [0.29, 0.717) is 44.6 Å². The van der Waals surface area contributed by atoms with Crippen molar-refractivity contribution >= 4 is 63.9 Å². The summed E-state index contributed by atoms with van der Waals surface area (Å²) in [6.07, 6.45) is -0.393. The minimum Gasteiger partial charge on any atom is -0.481 e. The van der Waals surface area contributed by atoms with E-state index < -0.39 is 24.3 Å². The summed E-state index contributed by atoms with van der Waals surface area (Å²) >= 11 is 6.42. The number of carbonyl (C=O) groups is 4. The Morgan fingerprint density at radius 3 is 2.27 bits per heavy atom. The smallest absolute Gasteiger partial charge is 0.323 e. The largest absolute Gasteiger partial charge is 0.481 e. The number of benzodiazepines with no additional fused rings is 1. The molecule has 51 heavy (non-hydrogen) atoms. The molecule has 0 saturated carbocycles. The van der Waals surface area contributed by atoms with Crippen LogP contribution in [-0.4, -0.2) is 40.7 Å². The molecule has 1 aliphatic heterocycles. The first-order valence-electron chi connectivity index (χ1n) is 16.2. The number of rotatable bonds is 10. The van der Waals surface area contributed by atoms with E-state index in [1.165, 1.54) is 4.90 Å². The quantitative estimate of drug-likeness (QED) is 0.118. The van der Waals surface area contributed by atoms with Crippen LogP contribution in [0.5, 0.6) is 0 Å². The van der Waals surface area contributed by atoms with Crippen LogP contribution in [0, 0.1) is 6.92 Å². The van der Waals surface area contributed by atoms with Crippen LogP contribution in [-0.2, 0) is 27.3 Å². The van der Waals surface area contributed by atoms with Crippen molar-refractivity contribution in [1.29, 1.82) is 0 Å². The van der Waals surface area contributed by atoms with Crippen molar-refractivity contribution in [2.24, 2.45) is 4.99 Å². The van der Waals surface area contributed by atoms with E-state index in [-0.39, 0.29) is 24.9 Å². The fraction of sp³-hybridized carbons (Fsp3) is 0.125. The summed E-state index contributed by atoms with van der Waals surface area (Å²) < 4.78 is 0. The molecule has 0 aliphatic carbocycles. The molecule has 0 bridgehead atoms. The molecule has 11 heteroatoms. The number of hydrogen-bond donors (Lipinski definition) is 4. The maximum absolute atomic E-state index is 14.0. The van der Waals surface area contributed by atoms with Crippen LogP contribution >= 0.6 is 11.6 Å². The molecular weight excluding hydrogens is 666 g/mol. The summed E-state index contributed by atoms with van der Waals surface area (Å²) in [5, 5.41) is 18.7. The molecule has 0 radical (unpaired) electrons. The molecule has 0 unspecified atom stereocenters. The highest BCUT2D eigenvalue weighted by Gasteiger charge is 2.33. The number of carbonyl (C=O) groups excluding carboxylic acids is 3. The molecule has 1 atom stereocenters. The van der Waals surface area contributed by atoms with E-state index in [1.807, 2.05) is 67.6 Å². The third-order valence-corrected chi connectivity index (χ3v) is 8.51. The van der Waals surface area contributed by atoms with E-state index in [0.717, 1.165) is 16.7 Å². The van der Waals surface area contributed by atoms with Crippen molar-refractivity contribution in [3.8, 4) is 0 Å². The van der Waals surface area contributed by atoms with Gasteiger partial charge in [0.1, 0.15) is 6.04 Å². The number of hydrogen-bond acceptors (Lipinski definition) is 5. The van der Waals surface area contributed by atoms with Crippen LogP contribution < -0.4 is 20.9 Å². The molecule has 4 N–H and O–H groups in total. The number of benzene rings is 5. The van der Waals surface area contributed by atoms with Crippen molar-refractivity contribution in [2.75, 3.05) is 20.9 Å². The van der Waals surface area contributed by atoms with Gasteiger partial charge in [-0.2, -0.15) is 0 Å². The number of para-hydroxylation sites is 1. The first-order valence-corrected chi connectivity index (χ1v) is 16.6. The molecule has 0 aromatic heterocycles. The van der Waals surface area contributed by atoms with Gasteiger partial charge in [-0.05, 0) is 72.1 Å². The van der Waals surface area contributed by atoms with Gasteiger partial charge < -0.3 is 26.0 Å². The topological polar surface area (TPSA) is 140 Å². The molecule has 6 rings (SSSR count). The maximum atomic E-state index is 14.0. The number of aryl methyl sites for hydroxylation is 1. The maximum Gasteiger partial charge on any atom is 0.323 e. The molecule has 256 valence electrons. The van der Waals surface area contributed by atoms with E-state index in [4.69, 9.17) is 11.6 Å². The number of nitrogens with one attached hydrogen (secondary N) is 3. The van der Waals surface area contributed by atoms with E-state index in [1.54, 1.807) is 60.7 Å². The Hall–Kier alpha value is -6.26. The number of aliphatic imine (C=N–C) groups is 1. The predicted molar refractivity (Wildman–Crippen MR) is 200 cm³/mol. The summed E-state index contributed by atoms with van der Waals surface area (Å²) in [5.74, 6) is -1.86. The summed E-state index contributed by atoms with van der Waals surface area (Å²) in [4.78, 5) is 57.5. The Morgan fingerprint density at radius 1 is 0.784 bits per heavy atom. The number of urea groups is 1. The lowest BCUT2D eigenvalue weighted by Crippen LogP contribution is -2.38. The van der Waals surface area contributed by atoms with Gasteiger partial charge in [-0.1, -0.05) is 84.4 Å². The number of carboxylic acid groups (broad SMARTS) is 1. The van der Waals surface area contributed by atoms with E-state index in [9.17, 15) is 24.3 Å². The molecule has 1 heterocycles. The fourth-order valence-electron chi connectivity index (χ4n) is 5.82. The Kier molecular flexibility index (Phi) is 10.5. The highest BCUT2D eigenvalue weighted by atomic mass is 35.5. The average Bonchev–Trinajstić information content (AvgIpc) is 3.21. The molecule has 0 fully saturated rings. The number of carboxylic acids is 1. The number of aliphatic carboxylic acids is 1. The first kappa shape index (κ1) is 34.6. The normalized spacial score (nSPS) is 13.8. The number of fused-ring (bicyclic) bond motifs is 1. The lowest BCUT2D eigenvalue weighted by Gasteiger charge is -2.25. The Morgan fingerprint density at radius 2 is 1.53 bits per heavy atom. The third kappa shape index (κ3) is 8.67. The average molecular weight is 700 g/mol. The van der Waals surface area contributed by atoms with Gasteiger partial charge in [0.05, 0.1) is 30.8 Å². The molecule has 1 aliphatic rings. The highest BCUT2D eigenvalue weighted by Crippen LogP contribution is 2.33. The van der Waals surface area contributed by atoms with Crippen LogP contribution in [0.4, 0.5) is 27.5 Å². The Balaban J connectivity index is 1.15. The third-order valence-electron chi connectivity index (χ3n) is 8.28. The van der Waals surface area contributed by atoms with Gasteiger partial charge in [-0.15, -0.1) is 0 Å². The monoisotopic (exact) mass is 699 g/mol. The lowest BCUT2D eigenvalue weighted by atomic mass is 10.00. The molecule has 10 nitrogen and oxygen atoms in total. The van der Waals surface area contributed by atoms with Crippen LogP contribution in [0.2, 0.25) is 5.02 Å². The summed E-state index contributed by atoms with van der Waals surface area (Å²) in [7, 11) is 0. The fourth-order valence-corrected chi connectivity index (χ4v) is 6.00. The van der Waals surface area contributed by atoms with Gasteiger partial charge in [-0.25, -0.2) is 4.79 Å². The summed E-state index contributed by atoms with van der Waals surface area (Å²) in [6, 6.07) is 34.5. The Labute approximate surface area is 299 Å². The number of nitrogens with zero attached hydrogens (tertiary/aromatic N) is 2. The molecule has 0 spiro atoms. The van der Waals surface area contributed by atoms with Crippen molar-refractivity contribution in [2.45, 2.75) is 32.4 Å². The SMILES string of the molecule is Cc1ccccc1NC(=O)Nc1ccc(CC(=O)Nc2cccc(CN3C(=O)[C@H](CC(=O)O)N=C(c4ccccc4)c4cc(Cl)ccc43)c2)cc1. The predicted octanol–water partition coefficient (Wildman–Crippen LogP) is 7.70. The highest BCUT2D eigenvalue weighted by molar-refractivity contribution is 6.32. The van der Waals surface area contributed by atoms with Crippen molar-refractivity contribution in [3.05, 3.63) is 154 Å². The first-order chi connectivity index (χ1) is 24.6. The zero-order valence-corrected chi connectivity index (χ0v) is 28.4. The second-order valence-electron chi connectivity index (χ2n) is 12.1. The minimum atomic E-state index is -1.17. The molecule has 5 aromatic carbocycles. The van der Waals surface area contributed by atoms with Gasteiger partial charge in [-0.3, -0.25) is 19.4 Å². The molecule has 5 aromatic rings. The van der Waals surface area contributed by atoms with Gasteiger partial charge in [0.25, 0.3) is 5.91 Å². The second-order valence-corrected chi connectivity index (χ2v) is 12.5. The van der Waals surface area contributed by atoms with Crippen molar-refractivity contribution < 1.29 is 24.3 Å². The second kappa shape index (κ2) is 15.5. The number of halogens is 1. The standard InChI is InChI=1S/C40H34ClN5O5/c1-25-8-5-6-13-33(25)45-40(51)43-30-17-14-26(15-18-30)21-36(47)42-31-12-7-9-27(20-31)24-46-35-19-16-29(41)22-32(35)38(28-10-3-2-4-11-28)44-34(39(46)50)23-37(48)49/h2-20,22,34H,21,23-24H2,1H3,(H,42,47)(H,48,49)(H2,43,45,51)/t34-/m0/s1. The van der Waals surface area contributed by atoms with E-state index in [2.05, 4.69) is 20.9 Å². The van der Waals surface area contributed by atoms with Crippen molar-refractivity contribution in [3.63, 3.8) is 0 Å². The number of amides is 4. The van der Waals surface area contributed by atoms with Crippen LogP contribution in [0.1, 0.15) is 34.2 Å². The van der Waals surface area contributed by atoms with Crippen molar-refractivity contribution in [1.82, 2.24) is 0 Å². The van der Waals surface area contributed by atoms with Crippen LogP contribution in [0.15, 0.2) is 126 Å². The van der Waals surface area contributed by atoms with Gasteiger partial charge in [0, 0.05) is 33.2 Å². The summed E-state index contributed by atoms with van der Waals surface area (Å²) in [6.45, 7) is 2.00. The van der Waals surface area contributed by atoms with E-state index >= 15 is 0 Å². The van der Waals surface area contributed by atoms with Crippen LogP contribution in [0.3, 0.4) is 0 Å². The lowest BCUT2D eigenvalue weighted by molar-refractivity contribution is -0.139. The summed E-state index contributed by atoms with van der Waals surface area (Å²) in [5.41, 5.74) is 6.58. The van der Waals surface area contributed by atoms with Crippen LogP contribution in [0.25, 0.3) is 0 Å². The number of anilines is 4. The minimum absolute atomic E-state index is 0.0924. The van der Waals surface area contributed by atoms with Gasteiger partial charge >= 0.3 is 12.0 Å². The van der Waals surface area contributed by atoms with Gasteiger partial charge in [0.2, 0.25) is 5.91 Å². The zero-order valence-electron chi connectivity index (χ0n) is 27.6. The molecule has 0 saturated heterocycles. The molecular formula is C40H34ClN5O5. The Bertz CT molecular complexity index is 2140. The molecule has 4 amide bonds. The zero-order chi connectivity index (χ0) is 35.9.